The molecule has 0 unspecified atom stereocenters. The first-order chi connectivity index (χ1) is 9.13. The second-order valence-corrected chi connectivity index (χ2v) is 4.63. The van der Waals surface area contributed by atoms with Gasteiger partial charge in [0.2, 0.25) is 0 Å². The van der Waals surface area contributed by atoms with Crippen molar-refractivity contribution >= 4 is 17.5 Å². The molecule has 1 aromatic rings. The molecule has 100 valence electrons. The number of carbonyl (C=O) groups is 3. The minimum absolute atomic E-state index is 0.112. The van der Waals surface area contributed by atoms with Crippen LogP contribution in [0.5, 0.6) is 0 Å². The minimum Gasteiger partial charge on any atom is -0.465 e. The predicted octanol–water partition coefficient (Wildman–Crippen LogP) is 1.88. The van der Waals surface area contributed by atoms with Crippen LogP contribution in [0, 0.1) is 5.92 Å². The van der Waals surface area contributed by atoms with Crippen molar-refractivity contribution < 1.29 is 19.1 Å². The molecule has 0 radical (unpaired) electrons. The molecule has 0 N–H and O–H groups in total. The van der Waals surface area contributed by atoms with Crippen molar-refractivity contribution in [2.24, 2.45) is 5.92 Å². The van der Waals surface area contributed by atoms with Gasteiger partial charge in [0, 0.05) is 12.3 Å². The fourth-order valence-electron chi connectivity index (χ4n) is 2.50. The molecule has 1 aromatic carbocycles. The zero-order chi connectivity index (χ0) is 13.8. The topological polar surface area (TPSA) is 60.4 Å². The summed E-state index contributed by atoms with van der Waals surface area (Å²) in [7, 11) is 0. The van der Waals surface area contributed by atoms with Crippen molar-refractivity contribution in [1.29, 1.82) is 0 Å². The van der Waals surface area contributed by atoms with Gasteiger partial charge in [0.15, 0.2) is 5.78 Å². The number of rotatable bonds is 3. The highest BCUT2D eigenvalue weighted by atomic mass is 16.5. The first-order valence-electron chi connectivity index (χ1n) is 6.39. The number of Topliss-reactive ketones (excluding diaryl/α,β-unsaturated/α-hetero) is 2. The quantitative estimate of drug-likeness (QED) is 0.615. The summed E-state index contributed by atoms with van der Waals surface area (Å²) in [5, 5.41) is 0. The Morgan fingerprint density at radius 3 is 2.58 bits per heavy atom. The SMILES string of the molecule is CCOC(=O)[C@@H]1C(=O)CC(=O)C[C@H]1c1ccccc1. The molecule has 2 rings (SSSR count). The maximum absolute atomic E-state index is 12.0. The molecule has 0 heterocycles. The average molecular weight is 260 g/mol. The molecule has 0 saturated heterocycles. The molecule has 1 aliphatic carbocycles. The van der Waals surface area contributed by atoms with Crippen molar-refractivity contribution in [3.05, 3.63) is 35.9 Å². The lowest BCUT2D eigenvalue weighted by Crippen LogP contribution is -2.38. The molecule has 0 amide bonds. The Labute approximate surface area is 111 Å². The van der Waals surface area contributed by atoms with Crippen LogP contribution >= 0.6 is 0 Å². The first-order valence-corrected chi connectivity index (χ1v) is 6.39. The van der Waals surface area contributed by atoms with Gasteiger partial charge in [-0.2, -0.15) is 0 Å². The summed E-state index contributed by atoms with van der Waals surface area (Å²) in [6.45, 7) is 1.94. The molecule has 0 aliphatic heterocycles. The lowest BCUT2D eigenvalue weighted by molar-refractivity contribution is -0.154. The molecule has 4 nitrogen and oxygen atoms in total. The van der Waals surface area contributed by atoms with Crippen LogP contribution in [0.4, 0.5) is 0 Å². The lowest BCUT2D eigenvalue weighted by Gasteiger charge is -2.28. The van der Waals surface area contributed by atoms with Crippen LogP contribution < -0.4 is 0 Å². The molecular weight excluding hydrogens is 244 g/mol. The summed E-state index contributed by atoms with van der Waals surface area (Å²) >= 11 is 0. The third kappa shape index (κ3) is 2.89. The van der Waals surface area contributed by atoms with Crippen LogP contribution in [0.2, 0.25) is 0 Å². The van der Waals surface area contributed by atoms with Crippen molar-refractivity contribution in [1.82, 2.24) is 0 Å². The Morgan fingerprint density at radius 2 is 1.95 bits per heavy atom. The number of hydrogen-bond donors (Lipinski definition) is 0. The molecule has 19 heavy (non-hydrogen) atoms. The fourth-order valence-corrected chi connectivity index (χ4v) is 2.50. The third-order valence-electron chi connectivity index (χ3n) is 3.34. The van der Waals surface area contributed by atoms with E-state index in [9.17, 15) is 14.4 Å². The van der Waals surface area contributed by atoms with Crippen LogP contribution in [0.3, 0.4) is 0 Å². The minimum atomic E-state index is -0.847. The number of ether oxygens (including phenoxy) is 1. The van der Waals surface area contributed by atoms with Crippen LogP contribution in [0.25, 0.3) is 0 Å². The standard InChI is InChI=1S/C15H16O4/c1-2-19-15(18)14-12(8-11(16)9-13(14)17)10-6-4-3-5-7-10/h3-7,12,14H,2,8-9H2,1H3/t12-,14-/m0/s1. The Kier molecular flexibility index (Phi) is 4.10. The van der Waals surface area contributed by atoms with Gasteiger partial charge in [-0.3, -0.25) is 14.4 Å². The summed E-state index contributed by atoms with van der Waals surface area (Å²) in [5.74, 6) is -2.20. The van der Waals surface area contributed by atoms with Gasteiger partial charge in [-0.1, -0.05) is 30.3 Å². The highest BCUT2D eigenvalue weighted by Gasteiger charge is 2.42. The van der Waals surface area contributed by atoms with Gasteiger partial charge in [-0.05, 0) is 12.5 Å². The molecule has 0 bridgehead atoms. The van der Waals surface area contributed by atoms with E-state index in [1.54, 1.807) is 6.92 Å². The van der Waals surface area contributed by atoms with Gasteiger partial charge in [-0.15, -0.1) is 0 Å². The molecule has 2 atom stereocenters. The summed E-state index contributed by atoms with van der Waals surface area (Å²) < 4.78 is 4.97. The normalized spacial score (nSPS) is 23.2. The number of ketones is 2. The van der Waals surface area contributed by atoms with Gasteiger partial charge in [0.05, 0.1) is 13.0 Å². The zero-order valence-corrected chi connectivity index (χ0v) is 10.8. The van der Waals surface area contributed by atoms with E-state index >= 15 is 0 Å². The van der Waals surface area contributed by atoms with Crippen LogP contribution in [0.15, 0.2) is 30.3 Å². The predicted molar refractivity (Wildman–Crippen MR) is 68.6 cm³/mol. The number of benzene rings is 1. The van der Waals surface area contributed by atoms with E-state index < -0.39 is 17.8 Å². The average Bonchev–Trinajstić information content (AvgIpc) is 2.39. The van der Waals surface area contributed by atoms with Crippen molar-refractivity contribution in [2.75, 3.05) is 6.61 Å². The van der Waals surface area contributed by atoms with E-state index in [1.165, 1.54) is 0 Å². The molecule has 1 fully saturated rings. The number of carbonyl (C=O) groups excluding carboxylic acids is 3. The van der Waals surface area contributed by atoms with E-state index in [2.05, 4.69) is 0 Å². The third-order valence-corrected chi connectivity index (χ3v) is 3.34. The molecule has 1 saturated carbocycles. The zero-order valence-electron chi connectivity index (χ0n) is 10.8. The highest BCUT2D eigenvalue weighted by molar-refractivity contribution is 6.11. The van der Waals surface area contributed by atoms with Crippen molar-refractivity contribution in [2.45, 2.75) is 25.7 Å². The van der Waals surface area contributed by atoms with E-state index in [0.29, 0.717) is 0 Å². The molecule has 0 aromatic heterocycles. The lowest BCUT2D eigenvalue weighted by atomic mass is 9.74. The number of hydrogen-bond acceptors (Lipinski definition) is 4. The smallest absolute Gasteiger partial charge is 0.317 e. The summed E-state index contributed by atoms with van der Waals surface area (Å²) in [5.41, 5.74) is 0.835. The van der Waals surface area contributed by atoms with Crippen LogP contribution in [0.1, 0.15) is 31.2 Å². The monoisotopic (exact) mass is 260 g/mol. The Bertz CT molecular complexity index is 492. The Balaban J connectivity index is 2.32. The van der Waals surface area contributed by atoms with E-state index in [-0.39, 0.29) is 31.0 Å². The first kappa shape index (κ1) is 13.5. The Hall–Kier alpha value is -1.97. The van der Waals surface area contributed by atoms with Gasteiger partial charge in [0.1, 0.15) is 11.7 Å². The van der Waals surface area contributed by atoms with Crippen molar-refractivity contribution in [3.63, 3.8) is 0 Å². The van der Waals surface area contributed by atoms with Crippen molar-refractivity contribution in [3.8, 4) is 0 Å². The largest absolute Gasteiger partial charge is 0.465 e. The Morgan fingerprint density at radius 1 is 1.26 bits per heavy atom. The van der Waals surface area contributed by atoms with Gasteiger partial charge in [0.25, 0.3) is 0 Å². The summed E-state index contributed by atoms with van der Waals surface area (Å²) in [4.78, 5) is 35.5. The molecular formula is C15H16O4. The molecule has 0 spiro atoms. The second kappa shape index (κ2) is 5.78. The van der Waals surface area contributed by atoms with E-state index in [0.717, 1.165) is 5.56 Å². The fraction of sp³-hybridized carbons (Fsp3) is 0.400. The molecule has 4 heteroatoms. The van der Waals surface area contributed by atoms with Crippen LogP contribution in [-0.4, -0.2) is 24.1 Å². The van der Waals surface area contributed by atoms with Gasteiger partial charge < -0.3 is 4.74 Å². The van der Waals surface area contributed by atoms with Gasteiger partial charge >= 0.3 is 5.97 Å². The molecule has 1 aliphatic rings. The summed E-state index contributed by atoms with van der Waals surface area (Å²) in [6, 6.07) is 9.20. The van der Waals surface area contributed by atoms with E-state index in [4.69, 9.17) is 4.74 Å². The maximum atomic E-state index is 12.0. The van der Waals surface area contributed by atoms with E-state index in [1.807, 2.05) is 30.3 Å². The van der Waals surface area contributed by atoms with Crippen LogP contribution in [-0.2, 0) is 19.1 Å². The number of esters is 1. The second-order valence-electron chi connectivity index (χ2n) is 4.63. The highest BCUT2D eigenvalue weighted by Crippen LogP contribution is 2.35. The summed E-state index contributed by atoms with van der Waals surface area (Å²) in [6.07, 6.45) is 0.0616. The maximum Gasteiger partial charge on any atom is 0.317 e. The van der Waals surface area contributed by atoms with Gasteiger partial charge in [-0.25, -0.2) is 0 Å².